The second-order valence-corrected chi connectivity index (χ2v) is 4.05. The Kier molecular flexibility index (Phi) is 4.12. The van der Waals surface area contributed by atoms with Gasteiger partial charge in [-0.15, -0.1) is 0 Å². The van der Waals surface area contributed by atoms with Gasteiger partial charge < -0.3 is 9.73 Å². The van der Waals surface area contributed by atoms with Crippen LogP contribution < -0.4 is 5.32 Å². The lowest BCUT2D eigenvalue weighted by Crippen LogP contribution is -2.13. The lowest BCUT2D eigenvalue weighted by Gasteiger charge is -2.03. The van der Waals surface area contributed by atoms with E-state index >= 15 is 0 Å². The molecule has 2 aromatic heterocycles. The number of rotatable bonds is 5. The fourth-order valence-electron chi connectivity index (χ4n) is 1.44. The number of nitrogens with zero attached hydrogens (tertiary/aromatic N) is 2. The highest BCUT2D eigenvalue weighted by atomic mass is 35.5. The van der Waals surface area contributed by atoms with E-state index in [0.717, 1.165) is 17.7 Å². The predicted molar refractivity (Wildman–Crippen MR) is 65.7 cm³/mol. The number of pyridine rings is 1. The molecule has 0 aliphatic heterocycles. The van der Waals surface area contributed by atoms with E-state index in [1.807, 2.05) is 13.0 Å². The number of hydrogen-bond donors (Lipinski definition) is 1. The highest BCUT2D eigenvalue weighted by Gasteiger charge is 2.03. The largest absolute Gasteiger partial charge is 0.444 e. The van der Waals surface area contributed by atoms with Crippen molar-refractivity contribution in [3.8, 4) is 0 Å². The fraction of sp³-hybridized carbons (Fsp3) is 0.333. The lowest BCUT2D eigenvalue weighted by molar-refractivity contribution is 0.439. The maximum Gasteiger partial charge on any atom is 0.208 e. The zero-order chi connectivity index (χ0) is 12.1. The van der Waals surface area contributed by atoms with E-state index in [1.165, 1.54) is 0 Å². The Labute approximate surface area is 105 Å². The quantitative estimate of drug-likeness (QED) is 0.887. The summed E-state index contributed by atoms with van der Waals surface area (Å²) < 4.78 is 5.48. The van der Waals surface area contributed by atoms with E-state index in [9.17, 15) is 0 Å². The van der Waals surface area contributed by atoms with Crippen molar-refractivity contribution in [1.82, 2.24) is 15.3 Å². The molecular weight excluding hydrogens is 238 g/mol. The monoisotopic (exact) mass is 251 g/mol. The Morgan fingerprint density at radius 1 is 1.35 bits per heavy atom. The molecule has 0 saturated heterocycles. The van der Waals surface area contributed by atoms with Gasteiger partial charge in [-0.1, -0.05) is 18.5 Å². The van der Waals surface area contributed by atoms with Gasteiger partial charge in [-0.3, -0.25) is 4.98 Å². The molecule has 5 heteroatoms. The van der Waals surface area contributed by atoms with Gasteiger partial charge in [0.05, 0.1) is 17.8 Å². The molecule has 0 aliphatic carbocycles. The third-order valence-electron chi connectivity index (χ3n) is 2.40. The van der Waals surface area contributed by atoms with Gasteiger partial charge in [0.15, 0.2) is 0 Å². The molecule has 2 heterocycles. The molecule has 90 valence electrons. The molecule has 0 bridgehead atoms. The molecule has 2 rings (SSSR count). The molecule has 0 saturated carbocycles. The van der Waals surface area contributed by atoms with Crippen LogP contribution in [-0.2, 0) is 19.5 Å². The summed E-state index contributed by atoms with van der Waals surface area (Å²) in [6.07, 6.45) is 5.99. The maximum atomic E-state index is 5.99. The number of oxazole rings is 1. The molecule has 4 nitrogen and oxygen atoms in total. The molecule has 0 fully saturated rings. The average Bonchev–Trinajstić information content (AvgIpc) is 2.80. The summed E-state index contributed by atoms with van der Waals surface area (Å²) in [5.74, 6) is 1.61. The molecule has 0 atom stereocenters. The van der Waals surface area contributed by atoms with E-state index in [2.05, 4.69) is 15.3 Å². The summed E-state index contributed by atoms with van der Waals surface area (Å²) in [4.78, 5) is 8.10. The van der Waals surface area contributed by atoms with Gasteiger partial charge in [0.1, 0.15) is 5.76 Å². The first kappa shape index (κ1) is 12.1. The number of hydrogen-bond acceptors (Lipinski definition) is 4. The van der Waals surface area contributed by atoms with Gasteiger partial charge in [-0.25, -0.2) is 4.98 Å². The van der Waals surface area contributed by atoms with Crippen molar-refractivity contribution in [2.45, 2.75) is 26.4 Å². The number of aromatic nitrogens is 2. The Balaban J connectivity index is 1.85. The first-order valence-corrected chi connectivity index (χ1v) is 5.90. The van der Waals surface area contributed by atoms with Crippen LogP contribution in [0.5, 0.6) is 0 Å². The molecule has 2 aromatic rings. The molecule has 0 aromatic carbocycles. The van der Waals surface area contributed by atoms with Crippen LogP contribution in [0.4, 0.5) is 0 Å². The topological polar surface area (TPSA) is 51.0 Å². The van der Waals surface area contributed by atoms with Crippen molar-refractivity contribution < 1.29 is 4.42 Å². The fourth-order valence-corrected chi connectivity index (χ4v) is 1.63. The third kappa shape index (κ3) is 3.28. The Morgan fingerprint density at radius 2 is 2.24 bits per heavy atom. The third-order valence-corrected chi connectivity index (χ3v) is 2.74. The molecule has 0 amide bonds. The van der Waals surface area contributed by atoms with Crippen LogP contribution in [-0.4, -0.2) is 9.97 Å². The summed E-state index contributed by atoms with van der Waals surface area (Å²) in [6.45, 7) is 3.30. The number of aryl methyl sites for hydroxylation is 1. The number of halogens is 1. The zero-order valence-electron chi connectivity index (χ0n) is 9.61. The van der Waals surface area contributed by atoms with Crippen LogP contribution in [0.25, 0.3) is 0 Å². The minimum Gasteiger partial charge on any atom is -0.444 e. The van der Waals surface area contributed by atoms with Crippen molar-refractivity contribution in [2.75, 3.05) is 0 Å². The second-order valence-electron chi connectivity index (χ2n) is 3.64. The summed E-state index contributed by atoms with van der Waals surface area (Å²) in [5, 5.41) is 3.90. The average molecular weight is 252 g/mol. The number of nitrogens with one attached hydrogen (secondary N) is 1. The first-order valence-electron chi connectivity index (χ1n) is 5.52. The van der Waals surface area contributed by atoms with Crippen LogP contribution in [0, 0.1) is 0 Å². The van der Waals surface area contributed by atoms with Gasteiger partial charge in [0.25, 0.3) is 0 Å². The first-order chi connectivity index (χ1) is 8.29. The molecular formula is C12H14ClN3O. The highest BCUT2D eigenvalue weighted by Crippen LogP contribution is 2.13. The van der Waals surface area contributed by atoms with E-state index in [4.69, 9.17) is 16.0 Å². The summed E-state index contributed by atoms with van der Waals surface area (Å²) in [7, 11) is 0. The maximum absolute atomic E-state index is 5.99. The van der Waals surface area contributed by atoms with Crippen LogP contribution in [0.15, 0.2) is 29.1 Å². The summed E-state index contributed by atoms with van der Waals surface area (Å²) >= 11 is 5.99. The summed E-state index contributed by atoms with van der Waals surface area (Å²) in [5.41, 5.74) is 1.02. The molecule has 0 unspecified atom stereocenters. The van der Waals surface area contributed by atoms with E-state index in [1.54, 1.807) is 18.6 Å². The molecule has 0 radical (unpaired) electrons. The van der Waals surface area contributed by atoms with Crippen LogP contribution in [0.2, 0.25) is 5.02 Å². The van der Waals surface area contributed by atoms with Crippen molar-refractivity contribution in [3.63, 3.8) is 0 Å². The molecule has 1 N–H and O–H groups in total. The predicted octanol–water partition coefficient (Wildman–Crippen LogP) is 2.58. The zero-order valence-corrected chi connectivity index (χ0v) is 10.4. The van der Waals surface area contributed by atoms with E-state index in [-0.39, 0.29) is 0 Å². The van der Waals surface area contributed by atoms with E-state index < -0.39 is 0 Å². The molecule has 17 heavy (non-hydrogen) atoms. The smallest absolute Gasteiger partial charge is 0.208 e. The second kappa shape index (κ2) is 5.80. The SMILES string of the molecule is CCc1cnc(CNCc2ccncc2Cl)o1. The molecule has 0 spiro atoms. The minimum atomic E-state index is 0.596. The van der Waals surface area contributed by atoms with Gasteiger partial charge in [-0.05, 0) is 11.6 Å². The van der Waals surface area contributed by atoms with Gasteiger partial charge in [-0.2, -0.15) is 0 Å². The van der Waals surface area contributed by atoms with Gasteiger partial charge in [0, 0.05) is 25.4 Å². The van der Waals surface area contributed by atoms with Gasteiger partial charge >= 0.3 is 0 Å². The van der Waals surface area contributed by atoms with Crippen molar-refractivity contribution in [1.29, 1.82) is 0 Å². The summed E-state index contributed by atoms with van der Waals surface area (Å²) in [6, 6.07) is 1.89. The lowest BCUT2D eigenvalue weighted by atomic mass is 10.3. The van der Waals surface area contributed by atoms with Crippen molar-refractivity contribution in [3.05, 3.63) is 46.9 Å². The molecule has 0 aliphatic rings. The minimum absolute atomic E-state index is 0.596. The van der Waals surface area contributed by atoms with Crippen LogP contribution in [0.3, 0.4) is 0 Å². The Bertz CT molecular complexity index is 484. The Hall–Kier alpha value is -1.39. The standard InChI is InChI=1S/C12H14ClN3O/c1-2-10-6-16-12(17-10)8-15-5-9-3-4-14-7-11(9)13/h3-4,6-7,15H,2,5,8H2,1H3. The normalized spacial score (nSPS) is 10.7. The van der Waals surface area contributed by atoms with Crippen LogP contribution >= 0.6 is 11.6 Å². The van der Waals surface area contributed by atoms with Crippen molar-refractivity contribution >= 4 is 11.6 Å². The van der Waals surface area contributed by atoms with E-state index in [0.29, 0.717) is 24.0 Å². The van der Waals surface area contributed by atoms with Gasteiger partial charge in [0.2, 0.25) is 5.89 Å². The van der Waals surface area contributed by atoms with Crippen LogP contribution in [0.1, 0.15) is 24.1 Å². The highest BCUT2D eigenvalue weighted by molar-refractivity contribution is 6.31. The Morgan fingerprint density at radius 3 is 2.94 bits per heavy atom. The van der Waals surface area contributed by atoms with Crippen molar-refractivity contribution in [2.24, 2.45) is 0 Å².